The molecule has 0 unspecified atom stereocenters. The summed E-state index contributed by atoms with van der Waals surface area (Å²) in [6.07, 6.45) is -0.115. The van der Waals surface area contributed by atoms with Gasteiger partial charge in [-0.2, -0.15) is 0 Å². The Labute approximate surface area is 139 Å². The molecule has 0 atom stereocenters. The van der Waals surface area contributed by atoms with Gasteiger partial charge in [0.05, 0.1) is 52.9 Å². The van der Waals surface area contributed by atoms with Crippen LogP contribution in [0.4, 0.5) is 0 Å². The maximum Gasteiger partial charge on any atom is 0.417 e. The Balaban J connectivity index is 4.23. The summed E-state index contributed by atoms with van der Waals surface area (Å²) in [4.78, 5) is 22.9. The quantitative estimate of drug-likeness (QED) is 0.154. The maximum atomic E-state index is 11.4. The first-order valence-corrected chi connectivity index (χ1v) is 7.37. The molecule has 0 heterocycles. The molecule has 0 radical (unpaired) electrons. The van der Waals surface area contributed by atoms with Crippen LogP contribution in [0.5, 0.6) is 0 Å². The lowest BCUT2D eigenvalue weighted by molar-refractivity contribution is -0.169. The van der Waals surface area contributed by atoms with Crippen LogP contribution >= 0.6 is 0 Å². The highest BCUT2D eigenvalue weighted by molar-refractivity contribution is 6.29. The molecule has 0 aliphatic rings. The Morgan fingerprint density at radius 1 is 0.583 bits per heavy atom. The zero-order valence-electron chi connectivity index (χ0n) is 13.4. The fraction of sp³-hybridized carbons (Fsp3) is 0.857. The van der Waals surface area contributed by atoms with Gasteiger partial charge in [-0.3, -0.25) is 0 Å². The van der Waals surface area contributed by atoms with Crippen LogP contribution in [0.2, 0.25) is 0 Å². The number of hydrogen-bond donors (Lipinski definition) is 6. The molecule has 10 heteroatoms. The predicted molar refractivity (Wildman–Crippen MR) is 78.5 cm³/mol. The number of esters is 2. The monoisotopic (exact) mass is 354 g/mol. The molecule has 0 saturated heterocycles. The summed E-state index contributed by atoms with van der Waals surface area (Å²) in [7, 11) is 0. The van der Waals surface area contributed by atoms with Gasteiger partial charge in [0.15, 0.2) is 0 Å². The molecule has 0 aromatic heterocycles. The zero-order chi connectivity index (χ0) is 18.6. The molecule has 0 aliphatic heterocycles. The van der Waals surface area contributed by atoms with E-state index in [2.05, 4.69) is 9.47 Å². The standard InChI is InChI=1S/C14H26O10/c15-5-13(6-16,7-17)1-3-23-11(21)12(22)24-4-2-14(8-18,9-19)10-20/h15-20H,1-10H2. The van der Waals surface area contributed by atoms with E-state index in [9.17, 15) is 9.59 Å². The molecule has 10 nitrogen and oxygen atoms in total. The van der Waals surface area contributed by atoms with Crippen LogP contribution in [0.25, 0.3) is 0 Å². The smallest absolute Gasteiger partial charge is 0.417 e. The number of carbonyl (C=O) groups is 2. The minimum atomic E-state index is -1.29. The zero-order valence-corrected chi connectivity index (χ0v) is 13.4. The van der Waals surface area contributed by atoms with E-state index >= 15 is 0 Å². The maximum absolute atomic E-state index is 11.4. The van der Waals surface area contributed by atoms with Crippen LogP contribution in [0.15, 0.2) is 0 Å². The minimum absolute atomic E-state index is 0.0574. The summed E-state index contributed by atoms with van der Waals surface area (Å²) in [6.45, 7) is -3.75. The van der Waals surface area contributed by atoms with Gasteiger partial charge >= 0.3 is 11.9 Å². The second-order valence-electron chi connectivity index (χ2n) is 5.72. The van der Waals surface area contributed by atoms with Crippen molar-refractivity contribution in [1.29, 1.82) is 0 Å². The van der Waals surface area contributed by atoms with Crippen molar-refractivity contribution >= 4 is 11.9 Å². The second-order valence-corrected chi connectivity index (χ2v) is 5.72. The summed E-state index contributed by atoms with van der Waals surface area (Å²) in [5.74, 6) is -2.58. The fourth-order valence-corrected chi connectivity index (χ4v) is 1.61. The normalized spacial score (nSPS) is 12.1. The van der Waals surface area contributed by atoms with Gasteiger partial charge in [0.25, 0.3) is 0 Å². The van der Waals surface area contributed by atoms with Crippen molar-refractivity contribution in [3.05, 3.63) is 0 Å². The average Bonchev–Trinajstić information content (AvgIpc) is 2.63. The summed E-state index contributed by atoms with van der Waals surface area (Å²) in [5, 5.41) is 54.6. The van der Waals surface area contributed by atoms with Gasteiger partial charge < -0.3 is 40.1 Å². The van der Waals surface area contributed by atoms with Crippen molar-refractivity contribution in [3.63, 3.8) is 0 Å². The van der Waals surface area contributed by atoms with Crippen molar-refractivity contribution < 1.29 is 49.7 Å². The molecule has 0 amide bonds. The first kappa shape index (κ1) is 22.7. The van der Waals surface area contributed by atoms with Gasteiger partial charge in [-0.1, -0.05) is 0 Å². The van der Waals surface area contributed by atoms with Crippen molar-refractivity contribution in [2.45, 2.75) is 12.8 Å². The lowest BCUT2D eigenvalue weighted by Gasteiger charge is -2.27. The van der Waals surface area contributed by atoms with E-state index < -0.39 is 62.4 Å². The molecule has 0 bridgehead atoms. The van der Waals surface area contributed by atoms with Crippen molar-refractivity contribution in [2.24, 2.45) is 10.8 Å². The van der Waals surface area contributed by atoms with Crippen LogP contribution in [-0.2, 0) is 19.1 Å². The van der Waals surface area contributed by atoms with E-state index in [4.69, 9.17) is 30.6 Å². The summed E-state index contributed by atoms with van der Waals surface area (Å²) >= 11 is 0. The van der Waals surface area contributed by atoms with Crippen LogP contribution < -0.4 is 0 Å². The molecule has 0 aliphatic carbocycles. The Morgan fingerprint density at radius 3 is 1.04 bits per heavy atom. The van der Waals surface area contributed by atoms with Gasteiger partial charge in [0, 0.05) is 10.8 Å². The highest BCUT2D eigenvalue weighted by Gasteiger charge is 2.30. The Bertz CT molecular complexity index is 323. The van der Waals surface area contributed by atoms with Gasteiger partial charge in [0.2, 0.25) is 0 Å². The first-order valence-electron chi connectivity index (χ1n) is 7.37. The van der Waals surface area contributed by atoms with Crippen molar-refractivity contribution in [3.8, 4) is 0 Å². The summed E-state index contributed by atoms with van der Waals surface area (Å²) in [6, 6.07) is 0. The summed E-state index contributed by atoms with van der Waals surface area (Å²) in [5.41, 5.74) is -2.43. The van der Waals surface area contributed by atoms with E-state index in [0.29, 0.717) is 0 Å². The minimum Gasteiger partial charge on any atom is -0.457 e. The van der Waals surface area contributed by atoms with Crippen LogP contribution in [0, 0.1) is 10.8 Å². The highest BCUT2D eigenvalue weighted by Crippen LogP contribution is 2.20. The summed E-state index contributed by atoms with van der Waals surface area (Å²) < 4.78 is 9.26. The third kappa shape index (κ3) is 6.67. The van der Waals surface area contributed by atoms with E-state index in [-0.39, 0.29) is 26.1 Å². The first-order chi connectivity index (χ1) is 11.4. The molecule has 0 saturated carbocycles. The molecular weight excluding hydrogens is 328 g/mol. The Hall–Kier alpha value is -1.30. The molecule has 0 fully saturated rings. The van der Waals surface area contributed by atoms with Gasteiger partial charge in [0.1, 0.15) is 0 Å². The molecular formula is C14H26O10. The van der Waals surface area contributed by atoms with Gasteiger partial charge in [-0.25, -0.2) is 9.59 Å². The number of ether oxygens (including phenoxy) is 2. The third-order valence-corrected chi connectivity index (χ3v) is 3.91. The molecule has 0 aromatic rings. The Morgan fingerprint density at radius 2 is 0.833 bits per heavy atom. The largest absolute Gasteiger partial charge is 0.457 e. The highest BCUT2D eigenvalue weighted by atomic mass is 16.6. The number of carbonyl (C=O) groups excluding carboxylic acids is 2. The Kier molecular flexibility index (Phi) is 10.7. The molecule has 0 aromatic carbocycles. The third-order valence-electron chi connectivity index (χ3n) is 3.91. The lowest BCUT2D eigenvalue weighted by atomic mass is 9.88. The lowest BCUT2D eigenvalue weighted by Crippen LogP contribution is -2.36. The van der Waals surface area contributed by atoms with Crippen molar-refractivity contribution in [1.82, 2.24) is 0 Å². The van der Waals surface area contributed by atoms with Crippen LogP contribution in [0.1, 0.15) is 12.8 Å². The second kappa shape index (κ2) is 11.3. The SMILES string of the molecule is O=C(OCCC(CO)(CO)CO)C(=O)OCCC(CO)(CO)CO. The molecule has 0 rings (SSSR count). The van der Waals surface area contributed by atoms with E-state index in [1.165, 1.54) is 0 Å². The van der Waals surface area contributed by atoms with E-state index in [1.807, 2.05) is 0 Å². The average molecular weight is 354 g/mol. The van der Waals surface area contributed by atoms with Crippen LogP contribution in [0.3, 0.4) is 0 Å². The van der Waals surface area contributed by atoms with E-state index in [1.54, 1.807) is 0 Å². The topological polar surface area (TPSA) is 174 Å². The molecule has 0 spiro atoms. The van der Waals surface area contributed by atoms with Gasteiger partial charge in [-0.15, -0.1) is 0 Å². The molecule has 6 N–H and O–H groups in total. The van der Waals surface area contributed by atoms with E-state index in [0.717, 1.165) is 0 Å². The number of rotatable bonds is 12. The van der Waals surface area contributed by atoms with Crippen LogP contribution in [-0.4, -0.2) is 95.4 Å². The van der Waals surface area contributed by atoms with Crippen molar-refractivity contribution in [2.75, 3.05) is 52.9 Å². The number of aliphatic hydroxyl groups is 6. The molecule has 24 heavy (non-hydrogen) atoms. The van der Waals surface area contributed by atoms with Gasteiger partial charge in [-0.05, 0) is 12.8 Å². The predicted octanol–water partition coefficient (Wildman–Crippen LogP) is -3.22. The fourth-order valence-electron chi connectivity index (χ4n) is 1.61. The molecule has 142 valence electrons. The number of hydrogen-bond acceptors (Lipinski definition) is 10. The number of aliphatic hydroxyl groups excluding tert-OH is 6.